The molecule has 1 N–H and O–H groups in total. The fourth-order valence-electron chi connectivity index (χ4n) is 1.20. The van der Waals surface area contributed by atoms with Crippen molar-refractivity contribution in [3.05, 3.63) is 35.4 Å². The Morgan fingerprint density at radius 1 is 1.00 bits per heavy atom. The fraction of sp³-hybridized carbons (Fsp3) is 0.200. The van der Waals surface area contributed by atoms with Gasteiger partial charge in [0.1, 0.15) is 0 Å². The molecule has 1 aliphatic rings. The van der Waals surface area contributed by atoms with E-state index in [4.69, 9.17) is 0 Å². The second kappa shape index (κ2) is 6.30. The van der Waals surface area contributed by atoms with E-state index >= 15 is 0 Å². The van der Waals surface area contributed by atoms with Crippen molar-refractivity contribution in [2.75, 3.05) is 14.2 Å². The number of hydrogen-bond donors (Lipinski definition) is 1. The van der Waals surface area contributed by atoms with Gasteiger partial charge in [-0.05, 0) is 12.1 Å². The van der Waals surface area contributed by atoms with Gasteiger partial charge in [-0.3, -0.25) is 19.5 Å². The van der Waals surface area contributed by atoms with Gasteiger partial charge in [-0.1, -0.05) is 12.1 Å². The van der Waals surface area contributed by atoms with Crippen molar-refractivity contribution >= 4 is 20.1 Å². The molecule has 0 unspecified atom stereocenters. The van der Waals surface area contributed by atoms with Crippen molar-refractivity contribution in [3.8, 4) is 0 Å². The molecule has 1 aromatic carbocycles. The standard InChI is InChI=1S/C8H5NO2.C2H7O3P/c10-7-5-3-1-2-4-6(5)8(11)9-7;1-4-6(3)5-2/h1-4H,(H,9,10,11);6H,1-2H3. The Labute approximate surface area is 98.9 Å². The summed E-state index contributed by atoms with van der Waals surface area (Å²) in [6, 6.07) is 6.74. The summed E-state index contributed by atoms with van der Waals surface area (Å²) in [5, 5.41) is 2.20. The first kappa shape index (κ1) is 13.6. The molecule has 17 heavy (non-hydrogen) atoms. The van der Waals surface area contributed by atoms with Gasteiger partial charge in [0.2, 0.25) is 0 Å². The van der Waals surface area contributed by atoms with Crippen LogP contribution in [0, 0.1) is 0 Å². The van der Waals surface area contributed by atoms with Gasteiger partial charge in [-0.2, -0.15) is 0 Å². The van der Waals surface area contributed by atoms with Gasteiger partial charge in [0, 0.05) is 14.2 Å². The molecule has 2 amide bonds. The molecule has 1 aliphatic heterocycles. The van der Waals surface area contributed by atoms with Crippen molar-refractivity contribution < 1.29 is 23.2 Å². The van der Waals surface area contributed by atoms with Crippen LogP contribution >= 0.6 is 8.25 Å². The maximum Gasteiger partial charge on any atom is 0.318 e. The minimum absolute atomic E-state index is 0.300. The van der Waals surface area contributed by atoms with Gasteiger partial charge in [-0.15, -0.1) is 0 Å². The monoisotopic (exact) mass is 257 g/mol. The first-order valence-corrected chi connectivity index (χ1v) is 5.89. The number of benzene rings is 1. The highest BCUT2D eigenvalue weighted by molar-refractivity contribution is 7.33. The van der Waals surface area contributed by atoms with Crippen molar-refractivity contribution in [1.29, 1.82) is 0 Å². The minimum Gasteiger partial charge on any atom is -0.314 e. The largest absolute Gasteiger partial charge is 0.318 e. The highest BCUT2D eigenvalue weighted by atomic mass is 31.1. The van der Waals surface area contributed by atoms with E-state index in [9.17, 15) is 14.2 Å². The number of imide groups is 1. The average Bonchev–Trinajstić information content (AvgIpc) is 2.66. The summed E-state index contributed by atoms with van der Waals surface area (Å²) in [6.07, 6.45) is 0. The van der Waals surface area contributed by atoms with Gasteiger partial charge in [0.15, 0.2) is 0 Å². The lowest BCUT2D eigenvalue weighted by molar-refractivity contribution is 0.0879. The van der Waals surface area contributed by atoms with E-state index in [1.54, 1.807) is 24.3 Å². The molecule has 0 bridgehead atoms. The summed E-state index contributed by atoms with van der Waals surface area (Å²) in [5.41, 5.74) is 0.940. The molecule has 0 saturated carbocycles. The van der Waals surface area contributed by atoms with Gasteiger partial charge in [0.05, 0.1) is 11.1 Å². The lowest BCUT2D eigenvalue weighted by Crippen LogP contribution is -2.19. The fourth-order valence-corrected chi connectivity index (χ4v) is 1.37. The molecule has 0 atom stereocenters. The van der Waals surface area contributed by atoms with E-state index in [0.29, 0.717) is 11.1 Å². The molecule has 92 valence electrons. The predicted molar refractivity (Wildman–Crippen MR) is 61.3 cm³/mol. The molecule has 1 aromatic rings. The Kier molecular flexibility index (Phi) is 5.03. The van der Waals surface area contributed by atoms with Crippen molar-refractivity contribution in [1.82, 2.24) is 5.32 Å². The average molecular weight is 257 g/mol. The molecular weight excluding hydrogens is 245 g/mol. The topological polar surface area (TPSA) is 81.7 Å². The predicted octanol–water partition coefficient (Wildman–Crippen LogP) is 1.24. The lowest BCUT2D eigenvalue weighted by atomic mass is 10.1. The van der Waals surface area contributed by atoms with Crippen LogP contribution in [-0.2, 0) is 13.6 Å². The summed E-state index contributed by atoms with van der Waals surface area (Å²) >= 11 is 0. The Morgan fingerprint density at radius 3 is 1.71 bits per heavy atom. The zero-order valence-corrected chi connectivity index (χ0v) is 10.4. The highest BCUT2D eigenvalue weighted by Crippen LogP contribution is 2.18. The van der Waals surface area contributed by atoms with Gasteiger partial charge in [0.25, 0.3) is 11.8 Å². The van der Waals surface area contributed by atoms with E-state index in [0.717, 1.165) is 0 Å². The zero-order valence-electron chi connectivity index (χ0n) is 9.35. The Hall–Kier alpha value is -1.49. The molecule has 0 fully saturated rings. The second-order valence-corrected chi connectivity index (χ2v) is 4.30. The third-order valence-corrected chi connectivity index (χ3v) is 2.64. The molecule has 0 aliphatic carbocycles. The number of hydrogen-bond acceptors (Lipinski definition) is 5. The Morgan fingerprint density at radius 2 is 1.41 bits per heavy atom. The second-order valence-electron chi connectivity index (χ2n) is 2.99. The minimum atomic E-state index is -2.12. The maximum atomic E-state index is 10.9. The molecule has 0 aromatic heterocycles. The molecule has 6 nitrogen and oxygen atoms in total. The van der Waals surface area contributed by atoms with Crippen molar-refractivity contribution in [3.63, 3.8) is 0 Å². The smallest absolute Gasteiger partial charge is 0.314 e. The molecule has 1 heterocycles. The van der Waals surface area contributed by atoms with Crippen molar-refractivity contribution in [2.45, 2.75) is 0 Å². The van der Waals surface area contributed by atoms with Crippen LogP contribution in [0.15, 0.2) is 24.3 Å². The number of rotatable bonds is 2. The molecule has 2 rings (SSSR count). The SMILES string of the molecule is CO[PH](=O)OC.O=C1NC(=O)c2ccccc21. The molecule has 0 saturated heterocycles. The number of nitrogens with one attached hydrogen (secondary N) is 1. The number of carbonyl (C=O) groups excluding carboxylic acids is 2. The summed E-state index contributed by atoms with van der Waals surface area (Å²) in [4.78, 5) is 21.9. The van der Waals surface area contributed by atoms with Crippen LogP contribution < -0.4 is 5.32 Å². The Balaban J connectivity index is 0.000000209. The number of carbonyl (C=O) groups is 2. The molecule has 0 radical (unpaired) electrons. The lowest BCUT2D eigenvalue weighted by Gasteiger charge is -1.89. The summed E-state index contributed by atoms with van der Waals surface area (Å²) in [5.74, 6) is -0.601. The summed E-state index contributed by atoms with van der Waals surface area (Å²) in [7, 11) is 0.558. The third-order valence-electron chi connectivity index (χ3n) is 1.98. The number of fused-ring (bicyclic) bond motifs is 1. The van der Waals surface area contributed by atoms with Gasteiger partial charge < -0.3 is 9.05 Å². The number of amides is 2. The van der Waals surface area contributed by atoms with Crippen LogP contribution in [0.5, 0.6) is 0 Å². The van der Waals surface area contributed by atoms with Crippen LogP contribution in [0.25, 0.3) is 0 Å². The van der Waals surface area contributed by atoms with E-state index < -0.39 is 8.25 Å². The normalized spacial score (nSPS) is 12.9. The quantitative estimate of drug-likeness (QED) is 0.636. The van der Waals surface area contributed by atoms with Crippen LogP contribution in [0.2, 0.25) is 0 Å². The first-order valence-electron chi connectivity index (χ1n) is 4.66. The zero-order chi connectivity index (χ0) is 12.8. The van der Waals surface area contributed by atoms with Crippen LogP contribution in [-0.4, -0.2) is 26.0 Å². The van der Waals surface area contributed by atoms with Crippen LogP contribution in [0.3, 0.4) is 0 Å². The van der Waals surface area contributed by atoms with E-state index in [-0.39, 0.29) is 11.8 Å². The van der Waals surface area contributed by atoms with E-state index in [2.05, 4.69) is 14.4 Å². The summed E-state index contributed by atoms with van der Waals surface area (Å²) in [6.45, 7) is 0. The maximum absolute atomic E-state index is 10.9. The van der Waals surface area contributed by atoms with Gasteiger partial charge in [-0.25, -0.2) is 0 Å². The van der Waals surface area contributed by atoms with Crippen molar-refractivity contribution in [2.24, 2.45) is 0 Å². The molecule has 7 heteroatoms. The van der Waals surface area contributed by atoms with Crippen LogP contribution in [0.4, 0.5) is 0 Å². The third kappa shape index (κ3) is 3.49. The molecular formula is C10H12NO5P. The highest BCUT2D eigenvalue weighted by Gasteiger charge is 2.25. The van der Waals surface area contributed by atoms with E-state index in [1.807, 2.05) is 0 Å². The first-order chi connectivity index (χ1) is 8.10. The summed E-state index contributed by atoms with van der Waals surface area (Å²) < 4.78 is 18.4. The Bertz CT molecular complexity index is 421. The molecule has 0 spiro atoms. The van der Waals surface area contributed by atoms with Gasteiger partial charge >= 0.3 is 8.25 Å². The van der Waals surface area contributed by atoms with Crippen LogP contribution in [0.1, 0.15) is 20.7 Å². The van der Waals surface area contributed by atoms with E-state index in [1.165, 1.54) is 14.2 Å².